The van der Waals surface area contributed by atoms with Crippen LogP contribution in [0, 0.1) is 11.3 Å². The third kappa shape index (κ3) is 2.13. The van der Waals surface area contributed by atoms with Gasteiger partial charge in [-0.1, -0.05) is 6.92 Å². The minimum absolute atomic E-state index is 0.0324. The first-order valence-corrected chi connectivity index (χ1v) is 6.11. The summed E-state index contributed by atoms with van der Waals surface area (Å²) in [4.78, 5) is 36.6. The average Bonchev–Trinajstić information content (AvgIpc) is 2.14. The summed E-state index contributed by atoms with van der Waals surface area (Å²) in [5.74, 6) is -1.55. The Kier molecular flexibility index (Phi) is 3.56. The highest BCUT2D eigenvalue weighted by molar-refractivity contribution is 5.99. The van der Waals surface area contributed by atoms with Crippen molar-refractivity contribution in [1.82, 2.24) is 4.90 Å². The highest BCUT2D eigenvalue weighted by atomic mass is 16.4. The predicted octanol–water partition coefficient (Wildman–Crippen LogP) is 1.66. The summed E-state index contributed by atoms with van der Waals surface area (Å²) in [5, 5.41) is 9.28. The van der Waals surface area contributed by atoms with Crippen LogP contribution >= 0.6 is 0 Å². The van der Waals surface area contributed by atoms with E-state index in [4.69, 9.17) is 0 Å². The van der Waals surface area contributed by atoms with Crippen LogP contribution in [0.1, 0.15) is 47.5 Å². The summed E-state index contributed by atoms with van der Waals surface area (Å²) >= 11 is 0. The second-order valence-corrected chi connectivity index (χ2v) is 6.13. The number of piperidine rings is 1. The van der Waals surface area contributed by atoms with Gasteiger partial charge >= 0.3 is 5.97 Å². The normalized spacial score (nSPS) is 19.3. The molecule has 18 heavy (non-hydrogen) atoms. The van der Waals surface area contributed by atoms with Gasteiger partial charge in [-0.3, -0.25) is 19.3 Å². The van der Waals surface area contributed by atoms with E-state index >= 15 is 0 Å². The lowest BCUT2D eigenvalue weighted by molar-refractivity contribution is -0.169. The summed E-state index contributed by atoms with van der Waals surface area (Å²) < 4.78 is 0. The first kappa shape index (κ1) is 14.7. The largest absolute Gasteiger partial charge is 0.481 e. The quantitative estimate of drug-likeness (QED) is 0.778. The van der Waals surface area contributed by atoms with Crippen molar-refractivity contribution in [1.29, 1.82) is 0 Å². The molecule has 2 amide bonds. The summed E-state index contributed by atoms with van der Waals surface area (Å²) in [7, 11) is 0. The van der Waals surface area contributed by atoms with E-state index in [1.807, 2.05) is 6.92 Å². The SMILES string of the molecule is CC1CC(=O)N(C(C)(C)C(C)(C)C(=O)O)C(=O)C1. The van der Waals surface area contributed by atoms with Gasteiger partial charge in [-0.2, -0.15) is 0 Å². The van der Waals surface area contributed by atoms with Gasteiger partial charge in [-0.25, -0.2) is 0 Å². The summed E-state index contributed by atoms with van der Waals surface area (Å²) in [5.41, 5.74) is -2.24. The predicted molar refractivity (Wildman–Crippen MR) is 65.7 cm³/mol. The lowest BCUT2D eigenvalue weighted by atomic mass is 9.72. The van der Waals surface area contributed by atoms with Crippen molar-refractivity contribution in [3.8, 4) is 0 Å². The van der Waals surface area contributed by atoms with Crippen LogP contribution in [0.2, 0.25) is 0 Å². The number of carboxylic acids is 1. The number of carbonyl (C=O) groups excluding carboxylic acids is 2. The Morgan fingerprint density at radius 2 is 1.56 bits per heavy atom. The molecule has 102 valence electrons. The van der Waals surface area contributed by atoms with Crippen LogP contribution < -0.4 is 0 Å². The number of hydrogen-bond acceptors (Lipinski definition) is 3. The second-order valence-electron chi connectivity index (χ2n) is 6.13. The zero-order valence-corrected chi connectivity index (χ0v) is 11.6. The first-order chi connectivity index (χ1) is 8.01. The molecule has 0 aromatic heterocycles. The molecule has 5 nitrogen and oxygen atoms in total. The molecule has 1 rings (SSSR count). The van der Waals surface area contributed by atoms with Crippen LogP contribution in [0.25, 0.3) is 0 Å². The van der Waals surface area contributed by atoms with Crippen molar-refractivity contribution < 1.29 is 19.5 Å². The lowest BCUT2D eigenvalue weighted by Crippen LogP contribution is -2.62. The monoisotopic (exact) mass is 255 g/mol. The number of rotatable bonds is 3. The van der Waals surface area contributed by atoms with Crippen molar-refractivity contribution in [3.05, 3.63) is 0 Å². The topological polar surface area (TPSA) is 74.7 Å². The first-order valence-electron chi connectivity index (χ1n) is 6.11. The number of hydrogen-bond donors (Lipinski definition) is 1. The van der Waals surface area contributed by atoms with E-state index in [0.29, 0.717) is 12.8 Å². The second kappa shape index (κ2) is 4.37. The Bertz CT molecular complexity index is 380. The Labute approximate surface area is 107 Å². The third-order valence-electron chi connectivity index (χ3n) is 4.17. The average molecular weight is 255 g/mol. The smallest absolute Gasteiger partial charge is 0.311 e. The third-order valence-corrected chi connectivity index (χ3v) is 4.17. The molecule has 0 aromatic rings. The van der Waals surface area contributed by atoms with Crippen molar-refractivity contribution in [2.75, 3.05) is 0 Å². The molecule has 1 N–H and O–H groups in total. The van der Waals surface area contributed by atoms with E-state index in [0.717, 1.165) is 4.90 Å². The lowest BCUT2D eigenvalue weighted by Gasteiger charge is -2.47. The van der Waals surface area contributed by atoms with E-state index < -0.39 is 16.9 Å². The van der Waals surface area contributed by atoms with Crippen molar-refractivity contribution in [3.63, 3.8) is 0 Å². The highest BCUT2D eigenvalue weighted by Crippen LogP contribution is 2.39. The molecule has 0 unspecified atom stereocenters. The Hall–Kier alpha value is -1.39. The maximum absolute atomic E-state index is 12.0. The van der Waals surface area contributed by atoms with Crippen LogP contribution in [0.15, 0.2) is 0 Å². The molecular weight excluding hydrogens is 234 g/mol. The van der Waals surface area contributed by atoms with E-state index in [2.05, 4.69) is 0 Å². The van der Waals surface area contributed by atoms with Gasteiger partial charge in [-0.05, 0) is 33.6 Å². The Balaban J connectivity index is 3.15. The van der Waals surface area contributed by atoms with Gasteiger partial charge in [0.05, 0.1) is 11.0 Å². The molecule has 1 aliphatic heterocycles. The molecule has 0 spiro atoms. The molecule has 0 atom stereocenters. The van der Waals surface area contributed by atoms with Crippen molar-refractivity contribution in [2.45, 2.75) is 53.0 Å². The maximum atomic E-state index is 12.0. The number of carboxylic acid groups (broad SMARTS) is 1. The van der Waals surface area contributed by atoms with E-state index in [-0.39, 0.29) is 17.7 Å². The van der Waals surface area contributed by atoms with Gasteiger partial charge in [0.1, 0.15) is 0 Å². The molecular formula is C13H21NO4. The molecule has 0 bridgehead atoms. The van der Waals surface area contributed by atoms with Crippen LogP contribution in [-0.4, -0.2) is 33.3 Å². The fourth-order valence-corrected chi connectivity index (χ4v) is 2.15. The molecule has 1 saturated heterocycles. The standard InChI is InChI=1S/C13H21NO4/c1-8-6-9(15)14(10(16)7-8)13(4,5)12(2,3)11(17)18/h8H,6-7H2,1-5H3,(H,17,18). The molecule has 0 radical (unpaired) electrons. The number of aliphatic carboxylic acids is 1. The van der Waals surface area contributed by atoms with Crippen LogP contribution in [0.4, 0.5) is 0 Å². The number of amides is 2. The van der Waals surface area contributed by atoms with Gasteiger partial charge in [0.2, 0.25) is 11.8 Å². The molecule has 0 saturated carbocycles. The van der Waals surface area contributed by atoms with Crippen molar-refractivity contribution >= 4 is 17.8 Å². The fraction of sp³-hybridized carbons (Fsp3) is 0.769. The summed E-state index contributed by atoms with van der Waals surface area (Å²) in [6.07, 6.45) is 0.593. The zero-order valence-electron chi connectivity index (χ0n) is 11.6. The number of carbonyl (C=O) groups is 3. The van der Waals surface area contributed by atoms with E-state index in [1.54, 1.807) is 13.8 Å². The Morgan fingerprint density at radius 3 is 1.89 bits per heavy atom. The number of likely N-dealkylation sites (tertiary alicyclic amines) is 1. The number of nitrogens with zero attached hydrogens (tertiary/aromatic N) is 1. The van der Waals surface area contributed by atoms with E-state index in [9.17, 15) is 19.5 Å². The fourth-order valence-electron chi connectivity index (χ4n) is 2.15. The van der Waals surface area contributed by atoms with Gasteiger partial charge < -0.3 is 5.11 Å². The maximum Gasteiger partial charge on any atom is 0.311 e. The molecule has 5 heteroatoms. The van der Waals surface area contributed by atoms with E-state index in [1.165, 1.54) is 13.8 Å². The molecule has 0 aliphatic carbocycles. The molecule has 1 fully saturated rings. The van der Waals surface area contributed by atoms with Gasteiger partial charge in [0, 0.05) is 12.8 Å². The van der Waals surface area contributed by atoms with Crippen LogP contribution in [0.3, 0.4) is 0 Å². The zero-order chi connectivity index (χ0) is 14.3. The van der Waals surface area contributed by atoms with Gasteiger partial charge in [0.25, 0.3) is 0 Å². The minimum atomic E-state index is -1.20. The van der Waals surface area contributed by atoms with Crippen LogP contribution in [-0.2, 0) is 14.4 Å². The Morgan fingerprint density at radius 1 is 1.17 bits per heavy atom. The summed E-state index contributed by atoms with van der Waals surface area (Å²) in [6.45, 7) is 8.18. The minimum Gasteiger partial charge on any atom is -0.481 e. The summed E-state index contributed by atoms with van der Waals surface area (Å²) in [6, 6.07) is 0. The molecule has 1 heterocycles. The number of imide groups is 1. The molecule has 0 aromatic carbocycles. The van der Waals surface area contributed by atoms with Gasteiger partial charge in [0.15, 0.2) is 0 Å². The molecule has 1 aliphatic rings. The van der Waals surface area contributed by atoms with Crippen LogP contribution in [0.5, 0.6) is 0 Å². The van der Waals surface area contributed by atoms with Gasteiger partial charge in [-0.15, -0.1) is 0 Å². The highest BCUT2D eigenvalue weighted by Gasteiger charge is 2.52. The van der Waals surface area contributed by atoms with Crippen molar-refractivity contribution in [2.24, 2.45) is 11.3 Å².